The monoisotopic (exact) mass is 218 g/mol. The zero-order valence-corrected chi connectivity index (χ0v) is 9.48. The molecule has 4 heteroatoms. The molecular weight excluding hydrogens is 196 g/mol. The summed E-state index contributed by atoms with van der Waals surface area (Å²) in [5.41, 5.74) is 0. The molecule has 2 aliphatic heterocycles. The highest BCUT2D eigenvalue weighted by atomic mass is 16.5. The smallest absolute Gasteiger partial charge is 0.148 e. The average Bonchev–Trinajstić information content (AvgIpc) is 2.96. The summed E-state index contributed by atoms with van der Waals surface area (Å²) in [6.45, 7) is 4.70. The van der Waals surface area contributed by atoms with Gasteiger partial charge in [0, 0.05) is 26.4 Å². The van der Waals surface area contributed by atoms with Crippen molar-refractivity contribution in [1.82, 2.24) is 0 Å². The number of aliphatic hydroxyl groups is 1. The third kappa shape index (κ3) is 9.85. The molecule has 4 nitrogen and oxygen atoms in total. The quantitative estimate of drug-likeness (QED) is 0.671. The standard InChI is InChI=1S/C5H8O2.C4H8O.C2H6O/c6-4-5-2-1-3-7-5;1-2-4-5-3-1;1-2-3/h4-5H,1-3H2;1-4H2;3H,2H2,1H3. The molecule has 15 heavy (non-hydrogen) atoms. The van der Waals surface area contributed by atoms with Crippen molar-refractivity contribution in [2.24, 2.45) is 0 Å². The van der Waals surface area contributed by atoms with Crippen LogP contribution in [0.3, 0.4) is 0 Å². The zero-order chi connectivity index (χ0) is 11.4. The van der Waals surface area contributed by atoms with Crippen LogP contribution in [-0.4, -0.2) is 43.9 Å². The maximum absolute atomic E-state index is 9.88. The lowest BCUT2D eigenvalue weighted by molar-refractivity contribution is -0.115. The van der Waals surface area contributed by atoms with E-state index in [4.69, 9.17) is 14.6 Å². The number of ether oxygens (including phenoxy) is 2. The van der Waals surface area contributed by atoms with Crippen LogP contribution in [0.1, 0.15) is 32.6 Å². The predicted octanol–water partition coefficient (Wildman–Crippen LogP) is 1.16. The van der Waals surface area contributed by atoms with Crippen LogP contribution in [-0.2, 0) is 14.3 Å². The van der Waals surface area contributed by atoms with E-state index in [0.29, 0.717) is 0 Å². The van der Waals surface area contributed by atoms with Crippen molar-refractivity contribution < 1.29 is 19.4 Å². The molecule has 0 spiro atoms. The van der Waals surface area contributed by atoms with Gasteiger partial charge in [-0.3, -0.25) is 0 Å². The van der Waals surface area contributed by atoms with Gasteiger partial charge in [0.2, 0.25) is 0 Å². The molecule has 0 bridgehead atoms. The van der Waals surface area contributed by atoms with Gasteiger partial charge in [-0.05, 0) is 32.6 Å². The number of aldehydes is 1. The Labute approximate surface area is 91.6 Å². The summed E-state index contributed by atoms with van der Waals surface area (Å²) in [5, 5.41) is 7.57. The van der Waals surface area contributed by atoms with E-state index < -0.39 is 0 Å². The van der Waals surface area contributed by atoms with E-state index in [1.165, 1.54) is 12.8 Å². The second-order valence-electron chi connectivity index (χ2n) is 3.32. The maximum Gasteiger partial charge on any atom is 0.148 e. The molecule has 90 valence electrons. The molecule has 2 fully saturated rings. The number of hydrogen-bond acceptors (Lipinski definition) is 4. The van der Waals surface area contributed by atoms with Gasteiger partial charge < -0.3 is 19.4 Å². The van der Waals surface area contributed by atoms with Crippen LogP contribution in [0.5, 0.6) is 0 Å². The first-order chi connectivity index (χ1) is 7.35. The van der Waals surface area contributed by atoms with Crippen molar-refractivity contribution in [2.45, 2.75) is 38.7 Å². The van der Waals surface area contributed by atoms with Gasteiger partial charge in [-0.1, -0.05) is 0 Å². The molecule has 0 aromatic heterocycles. The summed E-state index contributed by atoms with van der Waals surface area (Å²) >= 11 is 0. The minimum atomic E-state index is -0.0833. The highest BCUT2D eigenvalue weighted by Crippen LogP contribution is 2.08. The third-order valence-electron chi connectivity index (χ3n) is 1.94. The van der Waals surface area contributed by atoms with Gasteiger partial charge in [-0.15, -0.1) is 0 Å². The molecule has 2 aliphatic rings. The highest BCUT2D eigenvalue weighted by molar-refractivity contribution is 5.56. The van der Waals surface area contributed by atoms with Gasteiger partial charge in [0.15, 0.2) is 0 Å². The minimum Gasteiger partial charge on any atom is -0.397 e. The van der Waals surface area contributed by atoms with Gasteiger partial charge in [0.25, 0.3) is 0 Å². The average molecular weight is 218 g/mol. The lowest BCUT2D eigenvalue weighted by atomic mass is 10.3. The summed E-state index contributed by atoms with van der Waals surface area (Å²) in [7, 11) is 0. The highest BCUT2D eigenvalue weighted by Gasteiger charge is 2.12. The van der Waals surface area contributed by atoms with Crippen LogP contribution in [0.2, 0.25) is 0 Å². The lowest BCUT2D eigenvalue weighted by Crippen LogP contribution is -2.04. The fourth-order valence-electron chi connectivity index (χ4n) is 1.22. The van der Waals surface area contributed by atoms with Crippen LogP contribution < -0.4 is 0 Å². The van der Waals surface area contributed by atoms with Crippen molar-refractivity contribution in [1.29, 1.82) is 0 Å². The molecule has 1 unspecified atom stereocenters. The molecule has 0 aliphatic carbocycles. The largest absolute Gasteiger partial charge is 0.397 e. The summed E-state index contributed by atoms with van der Waals surface area (Å²) in [6, 6.07) is 0. The van der Waals surface area contributed by atoms with Crippen LogP contribution >= 0.6 is 0 Å². The van der Waals surface area contributed by atoms with Gasteiger partial charge in [-0.25, -0.2) is 0 Å². The minimum absolute atomic E-state index is 0.0833. The van der Waals surface area contributed by atoms with Crippen LogP contribution in [0.4, 0.5) is 0 Å². The molecule has 2 rings (SSSR count). The number of hydrogen-bond donors (Lipinski definition) is 1. The van der Waals surface area contributed by atoms with E-state index in [-0.39, 0.29) is 12.7 Å². The summed E-state index contributed by atoms with van der Waals surface area (Å²) in [5.74, 6) is 0. The van der Waals surface area contributed by atoms with Crippen LogP contribution in [0.15, 0.2) is 0 Å². The number of rotatable bonds is 1. The topological polar surface area (TPSA) is 55.8 Å². The fraction of sp³-hybridized carbons (Fsp3) is 0.909. The first-order valence-corrected chi connectivity index (χ1v) is 5.60. The summed E-state index contributed by atoms with van der Waals surface area (Å²) < 4.78 is 9.88. The Morgan fingerprint density at radius 1 is 1.27 bits per heavy atom. The first-order valence-electron chi connectivity index (χ1n) is 5.60. The Balaban J connectivity index is 0.000000216. The molecule has 2 heterocycles. The number of aliphatic hydroxyl groups excluding tert-OH is 1. The SMILES string of the molecule is C1CCOC1.CCO.O=CC1CCCO1. The number of carbonyl (C=O) groups is 1. The molecule has 1 N–H and O–H groups in total. The summed E-state index contributed by atoms with van der Waals surface area (Å²) in [4.78, 5) is 9.88. The van der Waals surface area contributed by atoms with Gasteiger partial charge in [0.05, 0.1) is 0 Å². The van der Waals surface area contributed by atoms with E-state index in [1.807, 2.05) is 0 Å². The van der Waals surface area contributed by atoms with Crippen LogP contribution in [0, 0.1) is 0 Å². The van der Waals surface area contributed by atoms with E-state index in [2.05, 4.69) is 0 Å². The van der Waals surface area contributed by atoms with Crippen LogP contribution in [0.25, 0.3) is 0 Å². The van der Waals surface area contributed by atoms with Crippen molar-refractivity contribution in [3.8, 4) is 0 Å². The first kappa shape index (κ1) is 14.6. The lowest BCUT2D eigenvalue weighted by Gasteiger charge is -1.93. The zero-order valence-electron chi connectivity index (χ0n) is 9.48. The fourth-order valence-corrected chi connectivity index (χ4v) is 1.22. The second-order valence-corrected chi connectivity index (χ2v) is 3.32. The Hall–Kier alpha value is -0.450. The maximum atomic E-state index is 9.88. The van der Waals surface area contributed by atoms with Crippen molar-refractivity contribution in [2.75, 3.05) is 26.4 Å². The van der Waals surface area contributed by atoms with Gasteiger partial charge in [0.1, 0.15) is 12.4 Å². The molecule has 0 radical (unpaired) electrons. The normalized spacial score (nSPS) is 23.5. The Bertz CT molecular complexity index is 121. The van der Waals surface area contributed by atoms with Gasteiger partial charge >= 0.3 is 0 Å². The third-order valence-corrected chi connectivity index (χ3v) is 1.94. The predicted molar refractivity (Wildman–Crippen MR) is 57.9 cm³/mol. The van der Waals surface area contributed by atoms with Crippen molar-refractivity contribution >= 4 is 6.29 Å². The van der Waals surface area contributed by atoms with Gasteiger partial charge in [-0.2, -0.15) is 0 Å². The number of carbonyl (C=O) groups excluding carboxylic acids is 1. The molecular formula is C11H22O4. The molecule has 0 aromatic rings. The van der Waals surface area contributed by atoms with E-state index in [9.17, 15) is 4.79 Å². The molecule has 0 saturated carbocycles. The van der Waals surface area contributed by atoms with Crippen molar-refractivity contribution in [3.63, 3.8) is 0 Å². The molecule has 0 amide bonds. The summed E-state index contributed by atoms with van der Waals surface area (Å²) in [6.07, 6.45) is 5.31. The second kappa shape index (κ2) is 11.6. The molecule has 0 aromatic carbocycles. The van der Waals surface area contributed by atoms with E-state index in [0.717, 1.165) is 38.9 Å². The van der Waals surface area contributed by atoms with Crippen molar-refractivity contribution in [3.05, 3.63) is 0 Å². The molecule has 1 atom stereocenters. The van der Waals surface area contributed by atoms with E-state index in [1.54, 1.807) is 6.92 Å². The molecule has 2 saturated heterocycles. The Morgan fingerprint density at radius 3 is 2.07 bits per heavy atom. The Kier molecular flexibility index (Phi) is 11.3. The Morgan fingerprint density at radius 2 is 1.87 bits per heavy atom. The van der Waals surface area contributed by atoms with E-state index >= 15 is 0 Å².